The van der Waals surface area contributed by atoms with Crippen LogP contribution in [-0.4, -0.2) is 36.7 Å². The molecule has 19 heavy (non-hydrogen) atoms. The molecule has 0 aliphatic rings. The molecule has 0 radical (unpaired) electrons. The van der Waals surface area contributed by atoms with Crippen LogP contribution in [0.2, 0.25) is 0 Å². The Kier molecular flexibility index (Phi) is 6.02. The van der Waals surface area contributed by atoms with Gasteiger partial charge < -0.3 is 15.0 Å². The van der Waals surface area contributed by atoms with Gasteiger partial charge in [0.25, 0.3) is 0 Å². The molecule has 0 saturated carbocycles. The van der Waals surface area contributed by atoms with Crippen molar-refractivity contribution in [2.45, 2.75) is 40.3 Å². The third-order valence-corrected chi connectivity index (χ3v) is 2.77. The summed E-state index contributed by atoms with van der Waals surface area (Å²) in [4.78, 5) is 11.3. The molecule has 1 rings (SSSR count). The lowest BCUT2D eigenvalue weighted by atomic mass is 10.2. The van der Waals surface area contributed by atoms with Crippen molar-refractivity contribution in [3.05, 3.63) is 11.9 Å². The number of hydrogen-bond acceptors (Lipinski definition) is 5. The summed E-state index contributed by atoms with van der Waals surface area (Å²) in [6.45, 7) is 10.2. The highest BCUT2D eigenvalue weighted by atomic mass is 16.5. The predicted molar refractivity (Wildman–Crippen MR) is 79.6 cm³/mol. The van der Waals surface area contributed by atoms with Gasteiger partial charge in [-0.1, -0.05) is 13.8 Å². The van der Waals surface area contributed by atoms with Gasteiger partial charge in [0.05, 0.1) is 0 Å². The van der Waals surface area contributed by atoms with Gasteiger partial charge in [-0.15, -0.1) is 0 Å². The van der Waals surface area contributed by atoms with Crippen molar-refractivity contribution >= 4 is 11.6 Å². The summed E-state index contributed by atoms with van der Waals surface area (Å²) in [5.41, 5.74) is 0. The third-order valence-electron chi connectivity index (χ3n) is 2.77. The summed E-state index contributed by atoms with van der Waals surface area (Å²) in [7, 11) is 3.52. The van der Waals surface area contributed by atoms with E-state index in [1.54, 1.807) is 7.11 Å². The smallest absolute Gasteiger partial charge is 0.158 e. The minimum Gasteiger partial charge on any atom is -0.377 e. The monoisotopic (exact) mass is 266 g/mol. The van der Waals surface area contributed by atoms with Gasteiger partial charge in [-0.3, -0.25) is 0 Å². The highest BCUT2D eigenvalue weighted by Gasteiger charge is 2.15. The Morgan fingerprint density at radius 2 is 1.95 bits per heavy atom. The number of ether oxygens (including phenoxy) is 1. The molecule has 108 valence electrons. The molecule has 0 bridgehead atoms. The minimum absolute atomic E-state index is 0.400. The van der Waals surface area contributed by atoms with E-state index < -0.39 is 0 Å². The second-order valence-electron chi connectivity index (χ2n) is 5.35. The van der Waals surface area contributed by atoms with Crippen molar-refractivity contribution in [2.75, 3.05) is 30.9 Å². The number of aromatic nitrogens is 2. The summed E-state index contributed by atoms with van der Waals surface area (Å²) < 4.78 is 5.13. The average Bonchev–Trinajstić information content (AvgIpc) is 2.35. The first-order valence-corrected chi connectivity index (χ1v) is 6.79. The molecule has 1 heterocycles. The quantitative estimate of drug-likeness (QED) is 0.822. The van der Waals surface area contributed by atoms with E-state index in [1.807, 2.05) is 13.1 Å². The fourth-order valence-electron chi connectivity index (χ4n) is 1.91. The molecule has 0 spiro atoms. The first-order valence-electron chi connectivity index (χ1n) is 6.79. The maximum absolute atomic E-state index is 5.13. The van der Waals surface area contributed by atoms with Crippen LogP contribution >= 0.6 is 0 Å². The fourth-order valence-corrected chi connectivity index (χ4v) is 1.91. The predicted octanol–water partition coefficient (Wildman–Crippen LogP) is 2.54. The Morgan fingerprint density at radius 3 is 2.42 bits per heavy atom. The van der Waals surface area contributed by atoms with E-state index >= 15 is 0 Å². The van der Waals surface area contributed by atoms with Crippen molar-refractivity contribution < 1.29 is 4.74 Å². The fraction of sp³-hybridized carbons (Fsp3) is 0.714. The van der Waals surface area contributed by atoms with Crippen LogP contribution in [0, 0.1) is 5.92 Å². The minimum atomic E-state index is 0.400. The van der Waals surface area contributed by atoms with Gasteiger partial charge in [0.2, 0.25) is 0 Å². The average molecular weight is 266 g/mol. The summed E-state index contributed by atoms with van der Waals surface area (Å²) in [6.07, 6.45) is 0. The zero-order chi connectivity index (χ0) is 14.4. The number of anilines is 2. The summed E-state index contributed by atoms with van der Waals surface area (Å²) in [6, 6.07) is 2.39. The van der Waals surface area contributed by atoms with Crippen LogP contribution in [0.3, 0.4) is 0 Å². The van der Waals surface area contributed by atoms with Gasteiger partial charge in [0, 0.05) is 32.8 Å². The van der Waals surface area contributed by atoms with Gasteiger partial charge >= 0.3 is 0 Å². The summed E-state index contributed by atoms with van der Waals surface area (Å²) in [5.74, 6) is 3.07. The van der Waals surface area contributed by atoms with Crippen LogP contribution in [0.15, 0.2) is 6.07 Å². The lowest BCUT2D eigenvalue weighted by Crippen LogP contribution is -2.35. The van der Waals surface area contributed by atoms with Crippen molar-refractivity contribution in [3.63, 3.8) is 0 Å². The lowest BCUT2D eigenvalue weighted by molar-refractivity contribution is 0.178. The number of hydrogen-bond donors (Lipinski definition) is 1. The molecular weight excluding hydrogens is 240 g/mol. The van der Waals surface area contributed by atoms with Crippen molar-refractivity contribution in [1.82, 2.24) is 9.97 Å². The van der Waals surface area contributed by atoms with E-state index in [9.17, 15) is 0 Å². The second-order valence-corrected chi connectivity index (χ2v) is 5.35. The lowest BCUT2D eigenvalue weighted by Gasteiger charge is -2.30. The summed E-state index contributed by atoms with van der Waals surface area (Å²) >= 11 is 0. The Bertz CT molecular complexity index is 393. The largest absolute Gasteiger partial charge is 0.377 e. The topological polar surface area (TPSA) is 50.3 Å². The number of rotatable bonds is 7. The van der Waals surface area contributed by atoms with Crippen LogP contribution in [0.5, 0.6) is 0 Å². The normalized spacial score (nSPS) is 11.2. The van der Waals surface area contributed by atoms with Crippen LogP contribution in [0.25, 0.3) is 0 Å². The van der Waals surface area contributed by atoms with Gasteiger partial charge in [-0.25, -0.2) is 9.97 Å². The van der Waals surface area contributed by atoms with Gasteiger partial charge in [-0.05, 0) is 19.8 Å². The molecular formula is C14H26N4O. The molecule has 0 amide bonds. The van der Waals surface area contributed by atoms with E-state index in [0.29, 0.717) is 24.4 Å². The molecule has 0 unspecified atom stereocenters. The molecule has 0 fully saturated rings. The Labute approximate surface area is 116 Å². The third kappa shape index (κ3) is 4.67. The standard InChI is InChI=1S/C14H26N4O/c1-10(2)8-18(11(3)4)14-7-12(15-5)16-13(17-14)9-19-6/h7,10-11H,8-9H2,1-6H3,(H,15,16,17). The first-order chi connectivity index (χ1) is 8.97. The number of nitrogens with one attached hydrogen (secondary N) is 1. The van der Waals surface area contributed by atoms with Gasteiger partial charge in [-0.2, -0.15) is 0 Å². The Morgan fingerprint density at radius 1 is 1.26 bits per heavy atom. The molecule has 0 aliphatic heterocycles. The maximum Gasteiger partial charge on any atom is 0.158 e. The molecule has 1 N–H and O–H groups in total. The highest BCUT2D eigenvalue weighted by molar-refractivity contribution is 5.49. The zero-order valence-electron chi connectivity index (χ0n) is 12.9. The Hall–Kier alpha value is -1.36. The molecule has 1 aromatic rings. The van der Waals surface area contributed by atoms with E-state index in [-0.39, 0.29) is 0 Å². The van der Waals surface area contributed by atoms with Crippen LogP contribution in [-0.2, 0) is 11.3 Å². The van der Waals surface area contributed by atoms with Crippen LogP contribution < -0.4 is 10.2 Å². The molecule has 0 saturated heterocycles. The van der Waals surface area contributed by atoms with Crippen molar-refractivity contribution in [1.29, 1.82) is 0 Å². The Balaban J connectivity index is 3.09. The van der Waals surface area contributed by atoms with E-state index in [2.05, 4.69) is 47.9 Å². The molecule has 5 nitrogen and oxygen atoms in total. The van der Waals surface area contributed by atoms with Crippen LogP contribution in [0.1, 0.15) is 33.5 Å². The van der Waals surface area contributed by atoms with Crippen molar-refractivity contribution in [3.8, 4) is 0 Å². The zero-order valence-corrected chi connectivity index (χ0v) is 12.9. The maximum atomic E-state index is 5.13. The molecule has 0 aliphatic carbocycles. The molecule has 0 atom stereocenters. The van der Waals surface area contributed by atoms with Gasteiger partial charge in [0.15, 0.2) is 5.82 Å². The SMILES string of the molecule is CNc1cc(N(CC(C)C)C(C)C)nc(COC)n1. The highest BCUT2D eigenvalue weighted by Crippen LogP contribution is 2.20. The summed E-state index contributed by atoms with van der Waals surface area (Å²) in [5, 5.41) is 3.08. The molecule has 0 aromatic carbocycles. The van der Waals surface area contributed by atoms with E-state index in [4.69, 9.17) is 4.74 Å². The second kappa shape index (κ2) is 7.28. The number of nitrogens with zero attached hydrogens (tertiary/aromatic N) is 3. The van der Waals surface area contributed by atoms with E-state index in [1.165, 1.54) is 0 Å². The van der Waals surface area contributed by atoms with Crippen molar-refractivity contribution in [2.24, 2.45) is 5.92 Å². The number of methoxy groups -OCH3 is 1. The van der Waals surface area contributed by atoms with Crippen LogP contribution in [0.4, 0.5) is 11.6 Å². The molecule has 1 aromatic heterocycles. The van der Waals surface area contributed by atoms with Gasteiger partial charge in [0.1, 0.15) is 18.2 Å². The van der Waals surface area contributed by atoms with E-state index in [0.717, 1.165) is 18.2 Å². The first kappa shape index (κ1) is 15.7. The molecule has 5 heteroatoms.